The number of nitrogens with zero attached hydrogens (tertiary/aromatic N) is 5. The average molecular weight is 535 g/mol. The summed E-state index contributed by atoms with van der Waals surface area (Å²) < 4.78 is 42.4. The molecule has 0 aromatic carbocycles. The summed E-state index contributed by atoms with van der Waals surface area (Å²) in [6.07, 6.45) is 1.65. The van der Waals surface area contributed by atoms with E-state index in [2.05, 4.69) is 20.2 Å². The van der Waals surface area contributed by atoms with Crippen LogP contribution in [0.25, 0.3) is 0 Å². The minimum Gasteiger partial charge on any atom is -0.488 e. The van der Waals surface area contributed by atoms with Gasteiger partial charge in [-0.05, 0) is 19.3 Å². The minimum absolute atomic E-state index is 0.0570. The van der Waals surface area contributed by atoms with Crippen molar-refractivity contribution in [1.29, 1.82) is 0 Å². The lowest BCUT2D eigenvalue weighted by molar-refractivity contribution is -0.138. The molecular formula is C22H30ClF3N6O4. The van der Waals surface area contributed by atoms with Crippen molar-refractivity contribution in [2.45, 2.75) is 51.7 Å². The predicted octanol–water partition coefficient (Wildman–Crippen LogP) is 2.91. The van der Waals surface area contributed by atoms with Crippen LogP contribution >= 0.6 is 11.6 Å². The van der Waals surface area contributed by atoms with E-state index in [4.69, 9.17) is 21.4 Å². The minimum atomic E-state index is -4.42. The lowest BCUT2D eigenvalue weighted by Crippen LogP contribution is -2.45. The van der Waals surface area contributed by atoms with E-state index in [0.29, 0.717) is 25.5 Å². The van der Waals surface area contributed by atoms with Crippen molar-refractivity contribution in [2.24, 2.45) is 0 Å². The molecule has 2 fully saturated rings. The number of rotatable bonds is 5. The van der Waals surface area contributed by atoms with Gasteiger partial charge in [0.15, 0.2) is 10.8 Å². The van der Waals surface area contributed by atoms with E-state index in [1.165, 1.54) is 6.20 Å². The van der Waals surface area contributed by atoms with E-state index in [1.54, 1.807) is 0 Å². The number of carbonyl (C=O) groups excluding carboxylic acids is 1. The maximum Gasteiger partial charge on any atom is 0.419 e. The van der Waals surface area contributed by atoms with Gasteiger partial charge in [-0.3, -0.25) is 9.59 Å². The van der Waals surface area contributed by atoms with Crippen molar-refractivity contribution < 1.29 is 27.8 Å². The summed E-state index contributed by atoms with van der Waals surface area (Å²) in [6, 6.07) is 0.237. The maximum atomic E-state index is 12.5. The van der Waals surface area contributed by atoms with Crippen molar-refractivity contribution in [3.05, 3.63) is 39.5 Å². The maximum absolute atomic E-state index is 12.5. The monoisotopic (exact) mass is 534 g/mol. The van der Waals surface area contributed by atoms with Crippen LogP contribution in [-0.4, -0.2) is 75.0 Å². The molecule has 2 N–H and O–H groups in total. The molecule has 2 aliphatic heterocycles. The zero-order valence-electron chi connectivity index (χ0n) is 20.1. The van der Waals surface area contributed by atoms with Crippen LogP contribution in [0.5, 0.6) is 5.75 Å². The molecule has 14 heteroatoms. The second-order valence-electron chi connectivity index (χ2n) is 7.63. The van der Waals surface area contributed by atoms with Gasteiger partial charge in [0.2, 0.25) is 11.9 Å². The predicted molar refractivity (Wildman–Crippen MR) is 127 cm³/mol. The molecule has 1 amide bonds. The Morgan fingerprint density at radius 1 is 1.14 bits per heavy atom. The molecule has 0 spiro atoms. The molecule has 0 aliphatic carbocycles. The fraction of sp³-hybridized carbons (Fsp3) is 0.591. The molecule has 0 saturated carbocycles. The molecule has 0 radical (unpaired) electrons. The highest BCUT2D eigenvalue weighted by atomic mass is 35.5. The summed E-state index contributed by atoms with van der Waals surface area (Å²) in [4.78, 5) is 34.0. The number of H-pyrrole nitrogens is 1. The van der Waals surface area contributed by atoms with E-state index in [-0.39, 0.29) is 35.9 Å². The Bertz CT molecular complexity index is 1010. The largest absolute Gasteiger partial charge is 0.488 e. The second kappa shape index (κ2) is 14.0. The molecule has 200 valence electrons. The molecule has 4 rings (SSSR count). The lowest BCUT2D eigenvalue weighted by atomic mass is 10.0. The summed E-state index contributed by atoms with van der Waals surface area (Å²) in [5, 5.41) is 14.0. The van der Waals surface area contributed by atoms with E-state index >= 15 is 0 Å². The Kier molecular flexibility index (Phi) is 11.4. The van der Waals surface area contributed by atoms with Gasteiger partial charge in [0.05, 0.1) is 18.4 Å². The number of alkyl halides is 3. The van der Waals surface area contributed by atoms with E-state index in [9.17, 15) is 22.8 Å². The van der Waals surface area contributed by atoms with Crippen molar-refractivity contribution in [1.82, 2.24) is 25.1 Å². The van der Waals surface area contributed by atoms with Crippen molar-refractivity contribution in [3.8, 4) is 5.75 Å². The summed E-state index contributed by atoms with van der Waals surface area (Å²) in [5.74, 6) is 0.706. The topological polar surface area (TPSA) is 125 Å². The third-order valence-corrected chi connectivity index (χ3v) is 5.73. The van der Waals surface area contributed by atoms with Gasteiger partial charge in [-0.2, -0.15) is 18.3 Å². The first-order chi connectivity index (χ1) is 17.2. The van der Waals surface area contributed by atoms with E-state index < -0.39 is 17.3 Å². The van der Waals surface area contributed by atoms with Gasteiger partial charge in [-0.1, -0.05) is 25.4 Å². The van der Waals surface area contributed by atoms with Crippen molar-refractivity contribution >= 4 is 23.5 Å². The summed E-state index contributed by atoms with van der Waals surface area (Å²) in [7, 11) is 0. The summed E-state index contributed by atoms with van der Waals surface area (Å²) in [6.45, 7) is 6.08. The van der Waals surface area contributed by atoms with Crippen LogP contribution in [0.4, 0.5) is 19.1 Å². The zero-order valence-corrected chi connectivity index (χ0v) is 20.8. The fourth-order valence-electron chi connectivity index (χ4n) is 3.69. The van der Waals surface area contributed by atoms with Gasteiger partial charge < -0.3 is 19.6 Å². The molecular weight excluding hydrogens is 505 g/mol. The number of anilines is 1. The molecule has 0 unspecified atom stereocenters. The Balaban J connectivity index is 0.000000277. The summed E-state index contributed by atoms with van der Waals surface area (Å²) >= 11 is 5.54. The highest BCUT2D eigenvalue weighted by Gasteiger charge is 2.33. The van der Waals surface area contributed by atoms with Crippen molar-refractivity contribution in [2.75, 3.05) is 37.7 Å². The number of aliphatic hydroxyl groups is 1. The number of ether oxygens (including phenoxy) is 1. The number of aliphatic hydroxyl groups excluding tert-OH is 1. The average Bonchev–Trinajstić information content (AvgIpc) is 3.32. The highest BCUT2D eigenvalue weighted by Crippen LogP contribution is 2.29. The summed E-state index contributed by atoms with van der Waals surface area (Å²) in [5.41, 5.74) is -1.35. The molecule has 2 aliphatic rings. The number of carbonyl (C=O) groups is 1. The number of aromatic nitrogens is 4. The van der Waals surface area contributed by atoms with Crippen molar-refractivity contribution in [3.63, 3.8) is 0 Å². The number of nitrogens with one attached hydrogen (secondary N) is 1. The lowest BCUT2D eigenvalue weighted by Gasteiger charge is -2.36. The first kappa shape index (κ1) is 29.3. The van der Waals surface area contributed by atoms with Crippen LogP contribution in [0.2, 0.25) is 5.02 Å². The molecule has 0 bridgehead atoms. The van der Waals surface area contributed by atoms with Crippen LogP contribution in [0.15, 0.2) is 23.4 Å². The number of likely N-dealkylation sites (tertiary alicyclic amines) is 1. The molecule has 10 nitrogen and oxygen atoms in total. The van der Waals surface area contributed by atoms with Crippen LogP contribution in [0, 0.1) is 0 Å². The zero-order chi connectivity index (χ0) is 26.7. The van der Waals surface area contributed by atoms with Gasteiger partial charge in [-0.25, -0.2) is 15.1 Å². The fourth-order valence-corrected chi connectivity index (χ4v) is 3.83. The van der Waals surface area contributed by atoms with Crippen LogP contribution in [-0.2, 0) is 11.0 Å². The first-order valence-corrected chi connectivity index (χ1v) is 12.0. The third kappa shape index (κ3) is 8.05. The Labute approximate surface area is 211 Å². The number of piperidine rings is 1. The van der Waals surface area contributed by atoms with Gasteiger partial charge >= 0.3 is 6.18 Å². The molecule has 4 heterocycles. The van der Waals surface area contributed by atoms with E-state index in [1.807, 2.05) is 23.6 Å². The van der Waals surface area contributed by atoms with Gasteiger partial charge in [0.1, 0.15) is 6.61 Å². The number of hydrogen-bond donors (Lipinski definition) is 2. The molecule has 0 atom stereocenters. The van der Waals surface area contributed by atoms with Crippen LogP contribution in [0.3, 0.4) is 0 Å². The SMILES string of the molecule is CC.O=C1CCCN1C1CCN(c2ncc(C(F)(F)F)cn2)CC1.O=c1[nH]ncc(OCCO)c1Cl. The number of halogens is 4. The second-order valence-corrected chi connectivity index (χ2v) is 8.01. The third-order valence-electron chi connectivity index (χ3n) is 5.38. The molecule has 36 heavy (non-hydrogen) atoms. The Morgan fingerprint density at radius 2 is 1.78 bits per heavy atom. The van der Waals surface area contributed by atoms with Gasteiger partial charge in [0.25, 0.3) is 5.56 Å². The normalized spacial score (nSPS) is 16.1. The Morgan fingerprint density at radius 3 is 2.31 bits per heavy atom. The quantitative estimate of drug-likeness (QED) is 0.600. The van der Waals surface area contributed by atoms with Crippen LogP contribution in [0.1, 0.15) is 45.1 Å². The first-order valence-electron chi connectivity index (χ1n) is 11.6. The molecule has 2 saturated heterocycles. The highest BCUT2D eigenvalue weighted by molar-refractivity contribution is 6.31. The van der Waals surface area contributed by atoms with Gasteiger partial charge in [-0.15, -0.1) is 0 Å². The standard InChI is InChI=1S/C14H17F3N4O.C6H7ClN2O3.C2H6/c15-14(16,17)10-8-18-13(19-9-10)20-6-3-11(4-7-20)21-5-1-2-12(21)22;7-5-4(12-2-1-10)3-8-9-6(5)11;1-2/h8-9,11H,1-7H2;3,10H,1-2H2,(H,9,11);1-2H3. The Hall–Kier alpha value is -2.93. The number of hydrogen-bond acceptors (Lipinski definition) is 8. The number of aromatic amines is 1. The van der Waals surface area contributed by atoms with Gasteiger partial charge in [0, 0.05) is 44.5 Å². The molecule has 2 aromatic heterocycles. The number of amides is 1. The van der Waals surface area contributed by atoms with Crippen LogP contribution < -0.4 is 15.2 Å². The molecule has 2 aromatic rings. The van der Waals surface area contributed by atoms with E-state index in [0.717, 1.165) is 38.2 Å². The smallest absolute Gasteiger partial charge is 0.419 e.